The van der Waals surface area contributed by atoms with Gasteiger partial charge in [0.15, 0.2) is 0 Å². The predicted molar refractivity (Wildman–Crippen MR) is 136 cm³/mol. The number of carbonyl (C=O) groups is 2. The number of nitrogen functional groups attached to an aromatic ring is 2. The van der Waals surface area contributed by atoms with E-state index >= 15 is 0 Å². The smallest absolute Gasteiger partial charge is 0.267 e. The molecule has 0 fully saturated rings. The molecule has 2 aromatic heterocycles. The summed E-state index contributed by atoms with van der Waals surface area (Å²) in [4.78, 5) is 26.7. The maximum atomic E-state index is 13.0. The minimum absolute atomic E-state index is 0.283. The van der Waals surface area contributed by atoms with Crippen molar-refractivity contribution in [3.63, 3.8) is 0 Å². The highest BCUT2D eigenvalue weighted by atomic mass is 32.2. The van der Waals surface area contributed by atoms with Crippen LogP contribution in [-0.2, 0) is 0 Å². The number of hydrogen-bond acceptors (Lipinski definition) is 6. The summed E-state index contributed by atoms with van der Waals surface area (Å²) < 4.78 is 0.748. The van der Waals surface area contributed by atoms with E-state index in [1.165, 1.54) is 22.7 Å². The summed E-state index contributed by atoms with van der Waals surface area (Å²) in [5.74, 6) is -0.566. The van der Waals surface area contributed by atoms with E-state index in [2.05, 4.69) is 10.6 Å². The van der Waals surface area contributed by atoms with Gasteiger partial charge >= 0.3 is 0 Å². The van der Waals surface area contributed by atoms with Gasteiger partial charge in [-0.05, 0) is 49.9 Å². The summed E-state index contributed by atoms with van der Waals surface area (Å²) in [5.41, 5.74) is 18.7. The highest BCUT2D eigenvalue weighted by molar-refractivity contribution is 7.40. The first-order valence-corrected chi connectivity index (χ1v) is 11.7. The second kappa shape index (κ2) is 8.29. The number of thiophene rings is 2. The van der Waals surface area contributed by atoms with Crippen LogP contribution < -0.4 is 22.1 Å². The van der Waals surface area contributed by atoms with Gasteiger partial charge in [0, 0.05) is 11.4 Å². The van der Waals surface area contributed by atoms with E-state index in [4.69, 9.17) is 11.5 Å². The molecule has 164 valence electrons. The van der Waals surface area contributed by atoms with Gasteiger partial charge in [0.2, 0.25) is 0 Å². The summed E-state index contributed by atoms with van der Waals surface area (Å²) >= 11 is 2.50. The van der Waals surface area contributed by atoms with Crippen LogP contribution in [0.1, 0.15) is 41.6 Å². The number of fused-ring (bicyclic) bond motifs is 1. The molecule has 2 aromatic carbocycles. The van der Waals surface area contributed by atoms with Gasteiger partial charge in [-0.25, -0.2) is 0 Å². The topological polar surface area (TPSA) is 110 Å². The molecule has 0 aliphatic heterocycles. The van der Waals surface area contributed by atoms with Crippen molar-refractivity contribution in [1.82, 2.24) is 0 Å². The molecule has 0 spiro atoms. The second-order valence-electron chi connectivity index (χ2n) is 7.79. The van der Waals surface area contributed by atoms with E-state index in [0.29, 0.717) is 26.5 Å². The second-order valence-corrected chi connectivity index (χ2v) is 10.1. The Morgan fingerprint density at radius 3 is 1.34 bits per heavy atom. The molecule has 0 atom stereocenters. The zero-order valence-corrected chi connectivity index (χ0v) is 19.9. The molecule has 0 aliphatic rings. The molecule has 2 heterocycles. The van der Waals surface area contributed by atoms with E-state index in [-0.39, 0.29) is 11.8 Å². The van der Waals surface area contributed by atoms with Crippen molar-refractivity contribution in [2.75, 3.05) is 22.1 Å². The van der Waals surface area contributed by atoms with Crippen LogP contribution in [0.2, 0.25) is 0 Å². The van der Waals surface area contributed by atoms with Gasteiger partial charge in [-0.15, -0.1) is 22.7 Å². The van der Waals surface area contributed by atoms with Crippen molar-refractivity contribution < 1.29 is 9.59 Å². The van der Waals surface area contributed by atoms with Crippen LogP contribution in [0.4, 0.5) is 22.7 Å². The number of carbonyl (C=O) groups excluding carboxylic acids is 2. The molecule has 0 saturated heterocycles. The fourth-order valence-electron chi connectivity index (χ4n) is 3.71. The van der Waals surface area contributed by atoms with E-state index in [1.807, 2.05) is 64.1 Å². The van der Waals surface area contributed by atoms with Crippen LogP contribution >= 0.6 is 22.7 Å². The third kappa shape index (κ3) is 3.72. The molecule has 6 nitrogen and oxygen atoms in total. The van der Waals surface area contributed by atoms with Gasteiger partial charge in [0.25, 0.3) is 11.8 Å². The molecular formula is C24H24N4O2S2. The van der Waals surface area contributed by atoms with Gasteiger partial charge in [-0.1, -0.05) is 36.4 Å². The number of nitrogens with two attached hydrogens (primary N) is 2. The van der Waals surface area contributed by atoms with Crippen LogP contribution in [0, 0.1) is 27.7 Å². The lowest BCUT2D eigenvalue weighted by Gasteiger charge is -2.11. The quantitative estimate of drug-likeness (QED) is 0.303. The summed E-state index contributed by atoms with van der Waals surface area (Å²) in [6, 6.07) is 11.7. The lowest BCUT2D eigenvalue weighted by atomic mass is 10.1. The molecule has 0 unspecified atom stereocenters. The van der Waals surface area contributed by atoms with Crippen molar-refractivity contribution in [2.24, 2.45) is 0 Å². The monoisotopic (exact) mass is 464 g/mol. The van der Waals surface area contributed by atoms with Crippen molar-refractivity contribution in [3.8, 4) is 0 Å². The molecule has 4 aromatic rings. The first-order valence-electron chi connectivity index (χ1n) is 10.0. The molecule has 6 N–H and O–H groups in total. The number of rotatable bonds is 4. The van der Waals surface area contributed by atoms with E-state index in [1.54, 1.807) is 0 Å². The number of benzene rings is 2. The molecule has 0 bridgehead atoms. The zero-order chi connectivity index (χ0) is 23.2. The average Bonchev–Trinajstić information content (AvgIpc) is 3.24. The lowest BCUT2D eigenvalue weighted by molar-refractivity contribution is 0.102. The van der Waals surface area contributed by atoms with Crippen molar-refractivity contribution in [2.45, 2.75) is 27.7 Å². The minimum atomic E-state index is -0.283. The van der Waals surface area contributed by atoms with Crippen LogP contribution in [0.3, 0.4) is 0 Å². The number of hydrogen-bond donors (Lipinski definition) is 4. The summed E-state index contributed by atoms with van der Waals surface area (Å²) in [5, 5.41) is 6.50. The van der Waals surface area contributed by atoms with Crippen molar-refractivity contribution in [3.05, 3.63) is 68.4 Å². The minimum Gasteiger partial charge on any atom is -0.397 e. The number of para-hydroxylation sites is 2. The Kier molecular flexibility index (Phi) is 5.66. The molecule has 0 aliphatic carbocycles. The molecule has 2 amide bonds. The average molecular weight is 465 g/mol. The fourth-order valence-corrected chi connectivity index (χ4v) is 6.10. The molecular weight excluding hydrogens is 440 g/mol. The van der Waals surface area contributed by atoms with Gasteiger partial charge in [0.1, 0.15) is 9.75 Å². The summed E-state index contributed by atoms with van der Waals surface area (Å²) in [7, 11) is 0. The van der Waals surface area contributed by atoms with E-state index in [0.717, 1.165) is 37.6 Å². The summed E-state index contributed by atoms with van der Waals surface area (Å²) in [6.07, 6.45) is 0. The molecule has 0 radical (unpaired) electrons. The van der Waals surface area contributed by atoms with Crippen LogP contribution in [-0.4, -0.2) is 11.8 Å². The third-order valence-electron chi connectivity index (χ3n) is 5.47. The van der Waals surface area contributed by atoms with Crippen LogP contribution in [0.5, 0.6) is 0 Å². The largest absolute Gasteiger partial charge is 0.397 e. The van der Waals surface area contributed by atoms with Gasteiger partial charge in [0.05, 0.1) is 20.8 Å². The van der Waals surface area contributed by atoms with Crippen molar-refractivity contribution >= 4 is 66.6 Å². The first-order chi connectivity index (χ1) is 15.2. The van der Waals surface area contributed by atoms with Gasteiger partial charge < -0.3 is 22.1 Å². The van der Waals surface area contributed by atoms with Crippen LogP contribution in [0.25, 0.3) is 9.40 Å². The molecule has 8 heteroatoms. The Bertz CT molecular complexity index is 1240. The van der Waals surface area contributed by atoms with Crippen LogP contribution in [0.15, 0.2) is 36.4 Å². The molecule has 0 saturated carbocycles. The summed E-state index contributed by atoms with van der Waals surface area (Å²) in [6.45, 7) is 7.77. The molecule has 32 heavy (non-hydrogen) atoms. The van der Waals surface area contributed by atoms with Gasteiger partial charge in [-0.3, -0.25) is 9.59 Å². The Morgan fingerprint density at radius 2 is 1.03 bits per heavy atom. The van der Waals surface area contributed by atoms with Gasteiger partial charge in [-0.2, -0.15) is 0 Å². The highest BCUT2D eigenvalue weighted by Crippen LogP contribution is 2.45. The maximum Gasteiger partial charge on any atom is 0.267 e. The fraction of sp³-hybridized carbons (Fsp3) is 0.167. The number of aryl methyl sites for hydroxylation is 4. The third-order valence-corrected chi connectivity index (χ3v) is 7.97. The Labute approximate surface area is 194 Å². The number of amides is 2. The Morgan fingerprint density at radius 1 is 0.688 bits per heavy atom. The Balaban J connectivity index is 1.65. The number of anilines is 4. The normalized spacial score (nSPS) is 11.0. The lowest BCUT2D eigenvalue weighted by Crippen LogP contribution is -2.15. The SMILES string of the molecule is Cc1cccc(C)c1NC(=O)c1sc2sc(C(=O)Nc3c(C)cccc3C)c(N)c2c1N. The number of nitrogens with one attached hydrogen (secondary N) is 2. The molecule has 4 rings (SSSR count). The first kappa shape index (κ1) is 21.9. The van der Waals surface area contributed by atoms with E-state index < -0.39 is 0 Å². The Hall–Kier alpha value is -3.36. The maximum absolute atomic E-state index is 13.0. The van der Waals surface area contributed by atoms with E-state index in [9.17, 15) is 9.59 Å². The standard InChI is InChI=1S/C24H24N4O2S2/c1-11-7-5-8-12(2)18(11)27-22(29)20-16(25)15-17(26)21(32-24(15)31-20)23(30)28-19-13(3)9-6-10-14(19)4/h5-10H,25-26H2,1-4H3,(H,27,29)(H,28,30). The predicted octanol–water partition coefficient (Wildman–Crippen LogP) is 5.87. The highest BCUT2D eigenvalue weighted by Gasteiger charge is 2.25. The van der Waals surface area contributed by atoms with Crippen molar-refractivity contribution in [1.29, 1.82) is 0 Å². The zero-order valence-electron chi connectivity index (χ0n) is 18.3.